The normalized spacial score (nSPS) is 11.5. The van der Waals surface area contributed by atoms with Crippen molar-refractivity contribution in [2.45, 2.75) is 39.3 Å². The molecule has 0 atom stereocenters. The fourth-order valence-electron chi connectivity index (χ4n) is 1.60. The molecule has 2 aromatic heterocycles. The average molecular weight is 256 g/mol. The Kier molecular flexibility index (Phi) is 4.22. The average Bonchev–Trinajstić information content (AvgIpc) is 2.38. The summed E-state index contributed by atoms with van der Waals surface area (Å²) in [6, 6.07) is 5.87. The number of rotatable bonds is 4. The molecule has 0 bridgehead atoms. The summed E-state index contributed by atoms with van der Waals surface area (Å²) in [4.78, 5) is 13.0. The molecule has 4 nitrogen and oxygen atoms in total. The maximum absolute atomic E-state index is 4.38. The van der Waals surface area contributed by atoms with Crippen LogP contribution in [0.2, 0.25) is 0 Å². The van der Waals surface area contributed by atoms with Gasteiger partial charge in [0.25, 0.3) is 0 Å². The van der Waals surface area contributed by atoms with Crippen molar-refractivity contribution in [3.63, 3.8) is 0 Å². The van der Waals surface area contributed by atoms with Gasteiger partial charge in [0, 0.05) is 48.4 Å². The van der Waals surface area contributed by atoms with Crippen molar-refractivity contribution >= 4 is 0 Å². The third-order valence-corrected chi connectivity index (χ3v) is 2.65. The molecule has 0 amide bonds. The van der Waals surface area contributed by atoms with Crippen molar-refractivity contribution in [2.24, 2.45) is 0 Å². The topological polar surface area (TPSA) is 50.7 Å². The van der Waals surface area contributed by atoms with E-state index in [0.29, 0.717) is 6.42 Å². The molecular weight excluding hydrogens is 236 g/mol. The Morgan fingerprint density at radius 1 is 1.05 bits per heavy atom. The quantitative estimate of drug-likeness (QED) is 0.912. The van der Waals surface area contributed by atoms with Crippen molar-refractivity contribution < 1.29 is 0 Å². The van der Waals surface area contributed by atoms with E-state index < -0.39 is 0 Å². The van der Waals surface area contributed by atoms with Gasteiger partial charge in [-0.1, -0.05) is 6.07 Å². The van der Waals surface area contributed by atoms with Crippen LogP contribution in [0.5, 0.6) is 0 Å². The lowest BCUT2D eigenvalue weighted by Crippen LogP contribution is -2.35. The Bertz CT molecular complexity index is 500. The van der Waals surface area contributed by atoms with Crippen LogP contribution in [0, 0.1) is 0 Å². The minimum absolute atomic E-state index is 0.104. The van der Waals surface area contributed by atoms with Crippen molar-refractivity contribution in [3.05, 3.63) is 53.9 Å². The van der Waals surface area contributed by atoms with Crippen LogP contribution in [-0.4, -0.2) is 20.5 Å². The SMILES string of the molecule is CC(C)(C)NCc1cnc(Cc2ccccn2)nc1. The molecule has 0 aromatic carbocycles. The number of nitrogens with one attached hydrogen (secondary N) is 1. The van der Waals surface area contributed by atoms with E-state index in [0.717, 1.165) is 23.6 Å². The van der Waals surface area contributed by atoms with Crippen LogP contribution in [0.1, 0.15) is 37.9 Å². The van der Waals surface area contributed by atoms with Gasteiger partial charge >= 0.3 is 0 Å². The fraction of sp³-hybridized carbons (Fsp3) is 0.400. The predicted octanol–water partition coefficient (Wildman–Crippen LogP) is 2.35. The highest BCUT2D eigenvalue weighted by Gasteiger charge is 2.08. The summed E-state index contributed by atoms with van der Waals surface area (Å²) >= 11 is 0. The summed E-state index contributed by atoms with van der Waals surface area (Å²) in [5, 5.41) is 3.41. The van der Waals surface area contributed by atoms with Crippen LogP contribution in [0.3, 0.4) is 0 Å². The molecule has 1 N–H and O–H groups in total. The highest BCUT2D eigenvalue weighted by atomic mass is 15.0. The number of aromatic nitrogens is 3. The highest BCUT2D eigenvalue weighted by Crippen LogP contribution is 2.05. The third-order valence-electron chi connectivity index (χ3n) is 2.65. The van der Waals surface area contributed by atoms with Crippen molar-refractivity contribution in [1.82, 2.24) is 20.3 Å². The monoisotopic (exact) mass is 256 g/mol. The lowest BCUT2D eigenvalue weighted by molar-refractivity contribution is 0.423. The Hall–Kier alpha value is -1.81. The first-order valence-corrected chi connectivity index (χ1v) is 6.48. The first-order chi connectivity index (χ1) is 9.03. The predicted molar refractivity (Wildman–Crippen MR) is 75.7 cm³/mol. The van der Waals surface area contributed by atoms with E-state index >= 15 is 0 Å². The molecule has 0 saturated heterocycles. The van der Waals surface area contributed by atoms with Crippen molar-refractivity contribution in [2.75, 3.05) is 0 Å². The van der Waals surface area contributed by atoms with Gasteiger partial charge in [-0.2, -0.15) is 0 Å². The van der Waals surface area contributed by atoms with E-state index in [1.54, 1.807) is 6.20 Å². The molecule has 2 rings (SSSR count). The summed E-state index contributed by atoms with van der Waals surface area (Å²) < 4.78 is 0. The Morgan fingerprint density at radius 3 is 2.37 bits per heavy atom. The van der Waals surface area contributed by atoms with Crippen LogP contribution in [0.15, 0.2) is 36.8 Å². The fourth-order valence-corrected chi connectivity index (χ4v) is 1.60. The Balaban J connectivity index is 1.95. The highest BCUT2D eigenvalue weighted by molar-refractivity contribution is 5.12. The minimum atomic E-state index is 0.104. The van der Waals surface area contributed by atoms with Gasteiger partial charge in [0.05, 0.1) is 0 Å². The van der Waals surface area contributed by atoms with Gasteiger partial charge in [0.2, 0.25) is 0 Å². The van der Waals surface area contributed by atoms with E-state index in [-0.39, 0.29) is 5.54 Å². The van der Waals surface area contributed by atoms with Gasteiger partial charge in [0.15, 0.2) is 0 Å². The first kappa shape index (κ1) is 13.6. The molecule has 0 aliphatic carbocycles. The second-order valence-corrected chi connectivity index (χ2v) is 5.61. The number of hydrogen-bond acceptors (Lipinski definition) is 4. The molecule has 0 fully saturated rings. The van der Waals surface area contributed by atoms with Gasteiger partial charge in [-0.05, 0) is 32.9 Å². The standard InChI is InChI=1S/C15H20N4/c1-15(2,3)19-11-12-9-17-14(18-10-12)8-13-6-4-5-7-16-13/h4-7,9-10,19H,8,11H2,1-3H3. The zero-order valence-corrected chi connectivity index (χ0v) is 11.7. The second-order valence-electron chi connectivity index (χ2n) is 5.61. The molecule has 0 aliphatic heterocycles. The minimum Gasteiger partial charge on any atom is -0.308 e. The van der Waals surface area contributed by atoms with Crippen LogP contribution < -0.4 is 5.32 Å². The molecule has 0 saturated carbocycles. The molecule has 0 aliphatic rings. The van der Waals surface area contributed by atoms with E-state index in [1.165, 1.54) is 0 Å². The van der Waals surface area contributed by atoms with Crippen molar-refractivity contribution in [3.8, 4) is 0 Å². The van der Waals surface area contributed by atoms with Crippen LogP contribution in [0.25, 0.3) is 0 Å². The third kappa shape index (κ3) is 4.75. The zero-order chi connectivity index (χ0) is 13.7. The lowest BCUT2D eigenvalue weighted by atomic mass is 10.1. The Morgan fingerprint density at radius 2 is 1.79 bits per heavy atom. The molecule has 4 heteroatoms. The molecule has 0 radical (unpaired) electrons. The van der Waals surface area contributed by atoms with Crippen molar-refractivity contribution in [1.29, 1.82) is 0 Å². The maximum atomic E-state index is 4.38. The molecule has 0 spiro atoms. The summed E-state index contributed by atoms with van der Waals surface area (Å²) in [5.41, 5.74) is 2.19. The molecular formula is C15H20N4. The van der Waals surface area contributed by atoms with Gasteiger partial charge < -0.3 is 5.32 Å². The van der Waals surface area contributed by atoms with E-state index in [9.17, 15) is 0 Å². The van der Waals surface area contributed by atoms with Gasteiger partial charge in [0.1, 0.15) is 5.82 Å². The smallest absolute Gasteiger partial charge is 0.134 e. The molecule has 100 valence electrons. The molecule has 19 heavy (non-hydrogen) atoms. The second kappa shape index (κ2) is 5.89. The van der Waals surface area contributed by atoms with E-state index in [1.807, 2.05) is 30.6 Å². The first-order valence-electron chi connectivity index (χ1n) is 6.48. The summed E-state index contributed by atoms with van der Waals surface area (Å²) in [7, 11) is 0. The summed E-state index contributed by atoms with van der Waals surface area (Å²) in [5.74, 6) is 0.804. The lowest BCUT2D eigenvalue weighted by Gasteiger charge is -2.20. The van der Waals surface area contributed by atoms with Crippen LogP contribution in [-0.2, 0) is 13.0 Å². The van der Waals surface area contributed by atoms with E-state index in [4.69, 9.17) is 0 Å². The van der Waals surface area contributed by atoms with Gasteiger partial charge in [-0.25, -0.2) is 9.97 Å². The number of hydrogen-bond donors (Lipinski definition) is 1. The summed E-state index contributed by atoms with van der Waals surface area (Å²) in [6.07, 6.45) is 6.22. The van der Waals surface area contributed by atoms with Gasteiger partial charge in [-0.3, -0.25) is 4.98 Å². The maximum Gasteiger partial charge on any atom is 0.134 e. The molecule has 0 unspecified atom stereocenters. The molecule has 2 aromatic rings. The van der Waals surface area contributed by atoms with Crippen LogP contribution in [0.4, 0.5) is 0 Å². The summed E-state index contributed by atoms with van der Waals surface area (Å²) in [6.45, 7) is 7.21. The Labute approximate surface area is 114 Å². The zero-order valence-electron chi connectivity index (χ0n) is 11.7. The number of nitrogens with zero attached hydrogens (tertiary/aromatic N) is 3. The number of pyridine rings is 1. The largest absolute Gasteiger partial charge is 0.308 e. The molecule has 2 heterocycles. The van der Waals surface area contributed by atoms with Crippen LogP contribution >= 0.6 is 0 Å². The van der Waals surface area contributed by atoms with E-state index in [2.05, 4.69) is 41.0 Å². The van der Waals surface area contributed by atoms with Gasteiger partial charge in [-0.15, -0.1) is 0 Å².